The summed E-state index contributed by atoms with van der Waals surface area (Å²) in [6.07, 6.45) is 5.13. The van der Waals surface area contributed by atoms with Crippen LogP contribution in [0.2, 0.25) is 5.02 Å². The third-order valence-corrected chi connectivity index (χ3v) is 4.79. The van der Waals surface area contributed by atoms with E-state index in [1.54, 1.807) is 18.7 Å². The lowest BCUT2D eigenvalue weighted by Gasteiger charge is -2.35. The largest absolute Gasteiger partial charge is 0.353 e. The van der Waals surface area contributed by atoms with Crippen LogP contribution in [0.1, 0.15) is 5.56 Å². The highest BCUT2D eigenvalue weighted by atomic mass is 35.5. The summed E-state index contributed by atoms with van der Waals surface area (Å²) in [6.45, 7) is 5.44. The van der Waals surface area contributed by atoms with Crippen molar-refractivity contribution < 1.29 is 0 Å². The minimum absolute atomic E-state index is 0.691. The van der Waals surface area contributed by atoms with Crippen LogP contribution in [0.15, 0.2) is 49.1 Å². The second kappa shape index (κ2) is 7.75. The molecular weight excluding hydrogens is 362 g/mol. The highest BCUT2D eigenvalue weighted by Gasteiger charge is 2.20. The Morgan fingerprint density at radius 2 is 1.67 bits per heavy atom. The third kappa shape index (κ3) is 4.09. The molecule has 4 rings (SSSR count). The number of nitrogens with one attached hydrogen (secondary N) is 1. The molecule has 0 aliphatic carbocycles. The van der Waals surface area contributed by atoms with Crippen LogP contribution in [-0.2, 0) is 0 Å². The van der Waals surface area contributed by atoms with Crippen molar-refractivity contribution in [3.8, 4) is 0 Å². The van der Waals surface area contributed by atoms with E-state index in [1.807, 2.05) is 37.3 Å². The lowest BCUT2D eigenvalue weighted by atomic mass is 10.2. The Morgan fingerprint density at radius 1 is 0.926 bits per heavy atom. The number of hydrogen-bond donors (Lipinski definition) is 1. The predicted octanol–water partition coefficient (Wildman–Crippen LogP) is 3.30. The lowest BCUT2D eigenvalue weighted by Crippen LogP contribution is -2.47. The highest BCUT2D eigenvalue weighted by molar-refractivity contribution is 6.30. The van der Waals surface area contributed by atoms with Gasteiger partial charge in [-0.25, -0.2) is 19.9 Å². The van der Waals surface area contributed by atoms with E-state index in [9.17, 15) is 0 Å². The molecule has 0 saturated carbocycles. The molecule has 1 saturated heterocycles. The summed E-state index contributed by atoms with van der Waals surface area (Å²) < 4.78 is 0. The predicted molar refractivity (Wildman–Crippen MR) is 108 cm³/mol. The fourth-order valence-electron chi connectivity index (χ4n) is 3.05. The zero-order valence-corrected chi connectivity index (χ0v) is 15.8. The Hall–Kier alpha value is -2.93. The maximum Gasteiger partial charge on any atom is 0.225 e. The second-order valence-electron chi connectivity index (χ2n) is 6.37. The summed E-state index contributed by atoms with van der Waals surface area (Å²) in [7, 11) is 0. The van der Waals surface area contributed by atoms with Crippen LogP contribution in [0.4, 0.5) is 23.3 Å². The molecule has 0 bridgehead atoms. The summed E-state index contributed by atoms with van der Waals surface area (Å²) in [5.74, 6) is 2.43. The van der Waals surface area contributed by atoms with E-state index in [0.717, 1.165) is 55.0 Å². The topological polar surface area (TPSA) is 70.1 Å². The van der Waals surface area contributed by atoms with Crippen molar-refractivity contribution in [2.24, 2.45) is 0 Å². The van der Waals surface area contributed by atoms with Crippen molar-refractivity contribution in [3.63, 3.8) is 0 Å². The molecule has 0 amide bonds. The smallest absolute Gasteiger partial charge is 0.225 e. The Morgan fingerprint density at radius 3 is 2.44 bits per heavy atom. The van der Waals surface area contributed by atoms with Gasteiger partial charge >= 0.3 is 0 Å². The Kier molecular flexibility index (Phi) is 5.02. The first-order valence-corrected chi connectivity index (χ1v) is 9.19. The van der Waals surface area contributed by atoms with Crippen LogP contribution in [0.3, 0.4) is 0 Å². The molecule has 1 N–H and O–H groups in total. The number of hydrogen-bond acceptors (Lipinski definition) is 7. The maximum absolute atomic E-state index is 6.10. The molecule has 1 aromatic carbocycles. The highest BCUT2D eigenvalue weighted by Crippen LogP contribution is 2.25. The standard InChI is InChI=1S/C19H20ClN7/c1-14-3-4-15(20)11-16(14)25-17-12-18(24-13-23-17)26-7-9-27(10-8-26)19-21-5-2-6-22-19/h2-6,11-13H,7-10H2,1H3,(H,23,24,25). The van der Waals surface area contributed by atoms with Crippen LogP contribution < -0.4 is 15.1 Å². The van der Waals surface area contributed by atoms with E-state index in [0.29, 0.717) is 5.02 Å². The van der Waals surface area contributed by atoms with Crippen molar-refractivity contribution in [2.45, 2.75) is 6.92 Å². The van der Waals surface area contributed by atoms with Gasteiger partial charge in [-0.15, -0.1) is 0 Å². The molecule has 1 aliphatic heterocycles. The minimum atomic E-state index is 0.691. The normalized spacial score (nSPS) is 14.3. The van der Waals surface area contributed by atoms with E-state index >= 15 is 0 Å². The van der Waals surface area contributed by atoms with Crippen LogP contribution in [0.5, 0.6) is 0 Å². The van der Waals surface area contributed by atoms with Gasteiger partial charge in [-0.2, -0.15) is 0 Å². The molecule has 0 unspecified atom stereocenters. The average molecular weight is 382 g/mol. The van der Waals surface area contributed by atoms with Gasteiger partial charge < -0.3 is 15.1 Å². The third-order valence-electron chi connectivity index (χ3n) is 4.55. The van der Waals surface area contributed by atoms with Gasteiger partial charge in [0.05, 0.1) is 0 Å². The molecule has 1 fully saturated rings. The molecule has 0 atom stereocenters. The quantitative estimate of drug-likeness (QED) is 0.743. The second-order valence-corrected chi connectivity index (χ2v) is 6.81. The van der Waals surface area contributed by atoms with Gasteiger partial charge in [0.25, 0.3) is 0 Å². The lowest BCUT2D eigenvalue weighted by molar-refractivity contribution is 0.634. The number of piperazine rings is 1. The van der Waals surface area contributed by atoms with Gasteiger partial charge in [-0.05, 0) is 30.7 Å². The Bertz CT molecular complexity index is 911. The number of anilines is 4. The van der Waals surface area contributed by atoms with Gasteiger partial charge in [0.1, 0.15) is 18.0 Å². The van der Waals surface area contributed by atoms with Crippen LogP contribution in [0, 0.1) is 6.92 Å². The Labute approximate surface area is 163 Å². The van der Waals surface area contributed by atoms with Crippen LogP contribution >= 0.6 is 11.6 Å². The zero-order chi connectivity index (χ0) is 18.6. The van der Waals surface area contributed by atoms with Gasteiger partial charge in [0.2, 0.25) is 5.95 Å². The van der Waals surface area contributed by atoms with Gasteiger partial charge in [-0.3, -0.25) is 0 Å². The Balaban J connectivity index is 1.45. The summed E-state index contributed by atoms with van der Waals surface area (Å²) in [4.78, 5) is 21.9. The van der Waals surface area contributed by atoms with Crippen LogP contribution in [-0.4, -0.2) is 46.1 Å². The van der Waals surface area contributed by atoms with E-state index in [-0.39, 0.29) is 0 Å². The molecule has 3 aromatic rings. The summed E-state index contributed by atoms with van der Waals surface area (Å²) in [5.41, 5.74) is 2.05. The zero-order valence-electron chi connectivity index (χ0n) is 15.0. The van der Waals surface area contributed by atoms with E-state index in [4.69, 9.17) is 11.6 Å². The number of nitrogens with zero attached hydrogens (tertiary/aromatic N) is 6. The maximum atomic E-state index is 6.10. The van der Waals surface area contributed by atoms with Gasteiger partial charge in [0, 0.05) is 55.3 Å². The molecule has 2 aromatic heterocycles. The minimum Gasteiger partial charge on any atom is -0.353 e. The van der Waals surface area contributed by atoms with Crippen molar-refractivity contribution >= 4 is 34.9 Å². The van der Waals surface area contributed by atoms with Gasteiger partial charge in [-0.1, -0.05) is 17.7 Å². The number of aryl methyl sites for hydroxylation is 1. The van der Waals surface area contributed by atoms with Crippen molar-refractivity contribution in [3.05, 3.63) is 59.6 Å². The molecule has 8 heteroatoms. The fourth-order valence-corrected chi connectivity index (χ4v) is 3.22. The number of rotatable bonds is 4. The molecule has 3 heterocycles. The first-order valence-electron chi connectivity index (χ1n) is 8.81. The molecule has 27 heavy (non-hydrogen) atoms. The molecule has 0 spiro atoms. The molecule has 1 aliphatic rings. The van der Waals surface area contributed by atoms with Crippen molar-refractivity contribution in [2.75, 3.05) is 41.3 Å². The molecular formula is C19H20ClN7. The summed E-state index contributed by atoms with van der Waals surface area (Å²) in [5, 5.41) is 4.03. The summed E-state index contributed by atoms with van der Waals surface area (Å²) in [6, 6.07) is 9.56. The average Bonchev–Trinajstić information content (AvgIpc) is 2.72. The van der Waals surface area contributed by atoms with E-state index in [1.165, 1.54) is 0 Å². The van der Waals surface area contributed by atoms with Crippen LogP contribution in [0.25, 0.3) is 0 Å². The van der Waals surface area contributed by atoms with Gasteiger partial charge in [0.15, 0.2) is 0 Å². The van der Waals surface area contributed by atoms with E-state index in [2.05, 4.69) is 35.1 Å². The van der Waals surface area contributed by atoms with Crippen molar-refractivity contribution in [1.82, 2.24) is 19.9 Å². The van der Waals surface area contributed by atoms with Crippen molar-refractivity contribution in [1.29, 1.82) is 0 Å². The monoisotopic (exact) mass is 381 g/mol. The van der Waals surface area contributed by atoms with E-state index < -0.39 is 0 Å². The molecule has 7 nitrogen and oxygen atoms in total. The SMILES string of the molecule is Cc1ccc(Cl)cc1Nc1cc(N2CCN(c3ncccn3)CC2)ncn1. The summed E-state index contributed by atoms with van der Waals surface area (Å²) >= 11 is 6.10. The molecule has 0 radical (unpaired) electrons. The first kappa shape index (κ1) is 17.5. The fraction of sp³-hybridized carbons (Fsp3) is 0.263. The molecule has 138 valence electrons. The number of benzene rings is 1. The number of halogens is 1. The number of aromatic nitrogens is 4. The first-order chi connectivity index (χ1) is 13.2.